The Morgan fingerprint density at radius 2 is 1.03 bits per heavy atom. The number of halogens is 10. The first-order valence-electron chi connectivity index (χ1n) is 20.1. The zero-order valence-corrected chi connectivity index (χ0v) is 40.5. The van der Waals surface area contributed by atoms with Gasteiger partial charge in [0.05, 0.1) is 17.1 Å². The number of hydrogen-bond acceptors (Lipinski definition) is 10. The Morgan fingerprint density at radius 3 is 1.44 bits per heavy atom. The van der Waals surface area contributed by atoms with Crippen LogP contribution in [0.25, 0.3) is 56.5 Å². The van der Waals surface area contributed by atoms with Crippen molar-refractivity contribution in [2.24, 2.45) is 0 Å². The minimum absolute atomic E-state index is 0.0883. The molecule has 10 nitrogen and oxygen atoms in total. The van der Waals surface area contributed by atoms with E-state index in [4.69, 9.17) is 13.9 Å². The van der Waals surface area contributed by atoms with E-state index in [-0.39, 0.29) is 15.6 Å². The van der Waals surface area contributed by atoms with E-state index >= 15 is 0 Å². The molecule has 0 N–H and O–H groups in total. The van der Waals surface area contributed by atoms with Gasteiger partial charge in [-0.3, -0.25) is 0 Å². The molecule has 354 valence electrons. The number of oxazole rings is 2. The Labute approximate surface area is 407 Å². The number of nitrogens with zero attached hydrogens (tertiary/aromatic N) is 6. The first kappa shape index (κ1) is 48.9. The second kappa shape index (κ2) is 19.1. The van der Waals surface area contributed by atoms with Crippen LogP contribution < -0.4 is 9.47 Å². The second-order valence-corrected chi connectivity index (χ2v) is 20.2. The van der Waals surface area contributed by atoms with Crippen LogP contribution in [0.4, 0.5) is 35.1 Å². The third kappa shape index (κ3) is 11.3. The van der Waals surface area contributed by atoms with Crippen molar-refractivity contribution >= 4 is 55.4 Å². The number of aryl methyl sites for hydroxylation is 2. The highest BCUT2D eigenvalue weighted by Gasteiger charge is 2.36. The number of hydrogen-bond donors (Lipinski definition) is 0. The van der Waals surface area contributed by atoms with Crippen LogP contribution in [0.2, 0.25) is 0 Å². The van der Waals surface area contributed by atoms with E-state index in [9.17, 15) is 35.1 Å². The highest BCUT2D eigenvalue weighted by atomic mass is 79.9. The van der Waals surface area contributed by atoms with E-state index in [2.05, 4.69) is 63.3 Å². The maximum Gasteiger partial charge on any atom is 0.573 e. The third-order valence-corrected chi connectivity index (χ3v) is 14.3. The molecular formula is C46H34Br2F8N6O4S2. The summed E-state index contributed by atoms with van der Waals surface area (Å²) in [6, 6.07) is 24.9. The quantitative estimate of drug-likeness (QED) is 0.123. The molecule has 4 aromatic carbocycles. The number of benzene rings is 4. The number of aromatic nitrogens is 6. The lowest BCUT2D eigenvalue weighted by atomic mass is 10.0. The predicted molar refractivity (Wildman–Crippen MR) is 249 cm³/mol. The fourth-order valence-electron chi connectivity index (χ4n) is 7.07. The first-order chi connectivity index (χ1) is 32.0. The van der Waals surface area contributed by atoms with Gasteiger partial charge in [0.2, 0.25) is 0 Å². The monoisotopic (exact) mass is 1110 g/mol. The molecule has 0 bridgehead atoms. The Balaban J connectivity index is 0.000000184. The van der Waals surface area contributed by atoms with E-state index < -0.39 is 24.3 Å². The summed E-state index contributed by atoms with van der Waals surface area (Å²) in [6.45, 7) is 6.30. The molecular weight excluding hydrogens is 1080 g/mol. The molecule has 1 fully saturated rings. The van der Waals surface area contributed by atoms with Crippen LogP contribution in [0.3, 0.4) is 0 Å². The SMILES string of the molecule is Cc1nc(-c2ccc(OC(F)(F)F)cc2)c(-c2cc(Br)ccc2-n2ccc(C(C)(F)F)n2)o1.Cc1nc(-c2ccc(OC(F)(F)F)cc2)c(-c2cc(Br)ccc2-n2ccc(C3(C)SCCS3)n2)o1. The van der Waals surface area contributed by atoms with Gasteiger partial charge in [-0.25, -0.2) is 19.3 Å². The molecule has 1 aliphatic rings. The molecule has 8 aromatic rings. The van der Waals surface area contributed by atoms with Crippen LogP contribution in [-0.4, -0.2) is 53.8 Å². The third-order valence-electron chi connectivity index (χ3n) is 10.0. The zero-order chi connectivity index (χ0) is 48.8. The minimum atomic E-state index is -4.81. The molecule has 5 heterocycles. The van der Waals surface area contributed by atoms with Gasteiger partial charge >= 0.3 is 12.7 Å². The van der Waals surface area contributed by atoms with Gasteiger partial charge in [0.25, 0.3) is 5.92 Å². The summed E-state index contributed by atoms with van der Waals surface area (Å²) in [4.78, 5) is 8.90. The van der Waals surface area contributed by atoms with Gasteiger partial charge in [-0.2, -0.15) is 19.0 Å². The van der Waals surface area contributed by atoms with Crippen molar-refractivity contribution in [1.82, 2.24) is 29.5 Å². The van der Waals surface area contributed by atoms with Gasteiger partial charge < -0.3 is 18.3 Å². The van der Waals surface area contributed by atoms with Crippen LogP contribution in [0.15, 0.2) is 127 Å². The summed E-state index contributed by atoms with van der Waals surface area (Å²) in [5.74, 6) is -0.0749. The van der Waals surface area contributed by atoms with Crippen molar-refractivity contribution in [2.45, 2.75) is 50.4 Å². The van der Waals surface area contributed by atoms with E-state index in [0.717, 1.165) is 39.8 Å². The minimum Gasteiger partial charge on any atom is -0.440 e. The largest absolute Gasteiger partial charge is 0.573 e. The molecule has 0 radical (unpaired) electrons. The number of thioether (sulfide) groups is 2. The Hall–Kier alpha value is -5.58. The molecule has 4 aromatic heterocycles. The molecule has 1 saturated heterocycles. The van der Waals surface area contributed by atoms with E-state index in [0.29, 0.717) is 61.5 Å². The lowest BCUT2D eigenvalue weighted by molar-refractivity contribution is -0.275. The Bertz CT molecular complexity index is 3070. The molecule has 0 amide bonds. The lowest BCUT2D eigenvalue weighted by Gasteiger charge is -2.18. The molecule has 0 saturated carbocycles. The number of alkyl halides is 8. The molecule has 22 heteroatoms. The summed E-state index contributed by atoms with van der Waals surface area (Å²) in [6.07, 6.45) is -6.22. The number of ether oxygens (including phenoxy) is 2. The molecule has 0 unspecified atom stereocenters. The molecule has 0 atom stereocenters. The maximum absolute atomic E-state index is 13.7. The molecule has 1 aliphatic heterocycles. The van der Waals surface area contributed by atoms with Crippen molar-refractivity contribution in [3.8, 4) is 68.0 Å². The number of rotatable bonds is 10. The fourth-order valence-corrected chi connectivity index (χ4v) is 10.6. The van der Waals surface area contributed by atoms with Gasteiger partial charge in [-0.15, -0.1) is 49.9 Å². The van der Waals surface area contributed by atoms with Gasteiger partial charge in [0, 0.05) is 75.9 Å². The van der Waals surface area contributed by atoms with E-state index in [1.165, 1.54) is 65.5 Å². The maximum atomic E-state index is 13.7. The van der Waals surface area contributed by atoms with Crippen molar-refractivity contribution < 1.29 is 53.4 Å². The molecule has 68 heavy (non-hydrogen) atoms. The summed E-state index contributed by atoms with van der Waals surface area (Å²) < 4.78 is 127. The van der Waals surface area contributed by atoms with Crippen molar-refractivity contribution in [2.75, 3.05) is 11.5 Å². The van der Waals surface area contributed by atoms with Crippen LogP contribution in [0.1, 0.15) is 37.0 Å². The van der Waals surface area contributed by atoms with E-state index in [1.807, 2.05) is 58.7 Å². The average Bonchev–Trinajstić information content (AvgIpc) is 4.12. The lowest BCUT2D eigenvalue weighted by Crippen LogP contribution is -2.16. The smallest absolute Gasteiger partial charge is 0.440 e. The summed E-state index contributed by atoms with van der Waals surface area (Å²) in [7, 11) is 0. The first-order valence-corrected chi connectivity index (χ1v) is 23.6. The highest BCUT2D eigenvalue weighted by molar-refractivity contribution is 9.10. The Kier molecular flexibility index (Phi) is 13.7. The van der Waals surface area contributed by atoms with E-state index in [1.54, 1.807) is 32.0 Å². The highest BCUT2D eigenvalue weighted by Crippen LogP contribution is 2.51. The van der Waals surface area contributed by atoms with Crippen molar-refractivity contribution in [3.63, 3.8) is 0 Å². The molecule has 9 rings (SSSR count). The standard InChI is InChI=1S/C24H19BrF3N3O2S2.C22H15BrF5N3O2/c1-14-29-21(15-3-6-17(7-4-15)33-24(26,27)28)22(32-14)18-13-16(25)5-8-19(18)31-10-9-20(30-31)23(2)34-11-12-35-23;1-12-29-19(13-3-6-15(7-4-13)33-22(26,27)28)20(32-12)16-11-14(23)5-8-17(16)31-10-9-18(30-31)21(2,24)25/h3-10,13H,11-12H2,1-2H3;3-11H,1-2H3. The van der Waals surface area contributed by atoms with Crippen LogP contribution in [0, 0.1) is 13.8 Å². The van der Waals surface area contributed by atoms with Crippen molar-refractivity contribution in [1.29, 1.82) is 0 Å². The van der Waals surface area contributed by atoms with Gasteiger partial charge in [0.15, 0.2) is 23.3 Å². The average molecular weight is 1110 g/mol. The van der Waals surface area contributed by atoms with Gasteiger partial charge in [-0.05, 0) is 104 Å². The Morgan fingerprint density at radius 1 is 0.603 bits per heavy atom. The topological polar surface area (TPSA) is 106 Å². The van der Waals surface area contributed by atoms with Gasteiger partial charge in [0.1, 0.15) is 32.7 Å². The fraction of sp³-hybridized carbons (Fsp3) is 0.217. The molecule has 0 spiro atoms. The van der Waals surface area contributed by atoms with Gasteiger partial charge in [-0.1, -0.05) is 31.9 Å². The summed E-state index contributed by atoms with van der Waals surface area (Å²) >= 11 is 10.7. The van der Waals surface area contributed by atoms with Crippen LogP contribution >= 0.6 is 55.4 Å². The van der Waals surface area contributed by atoms with Crippen LogP contribution in [-0.2, 0) is 10.0 Å². The van der Waals surface area contributed by atoms with Crippen molar-refractivity contribution in [3.05, 3.63) is 142 Å². The summed E-state index contributed by atoms with van der Waals surface area (Å²) in [5.41, 5.74) is 5.03. The van der Waals surface area contributed by atoms with Crippen LogP contribution in [0.5, 0.6) is 11.5 Å². The predicted octanol–water partition coefficient (Wildman–Crippen LogP) is 15.1. The second-order valence-electron chi connectivity index (χ2n) is 15.1. The normalized spacial score (nSPS) is 13.9. The molecule has 0 aliphatic carbocycles. The zero-order valence-electron chi connectivity index (χ0n) is 35.7. The summed E-state index contributed by atoms with van der Waals surface area (Å²) in [5, 5.41) is 8.87.